The molecule has 1 N–H and O–H groups in total. The van der Waals surface area contributed by atoms with Crippen molar-refractivity contribution in [2.24, 2.45) is 4.99 Å². The zero-order chi connectivity index (χ0) is 16.4. The molecule has 6 heteroatoms. The van der Waals surface area contributed by atoms with Crippen LogP contribution in [0.2, 0.25) is 0 Å². The topological polar surface area (TPSA) is 67.2 Å². The van der Waals surface area contributed by atoms with Gasteiger partial charge in [-0.05, 0) is 53.7 Å². The van der Waals surface area contributed by atoms with Crippen molar-refractivity contribution in [3.63, 3.8) is 0 Å². The van der Waals surface area contributed by atoms with Crippen LogP contribution in [0.1, 0.15) is 5.56 Å². The molecule has 0 atom stereocenters. The van der Waals surface area contributed by atoms with Crippen LogP contribution in [0.25, 0.3) is 17.0 Å². The van der Waals surface area contributed by atoms with Gasteiger partial charge in [-0.1, -0.05) is 12.1 Å². The van der Waals surface area contributed by atoms with Gasteiger partial charge in [0.1, 0.15) is 0 Å². The molecule has 24 heavy (non-hydrogen) atoms. The molecule has 1 aliphatic rings. The Hall–Kier alpha value is -2.99. The Kier molecular flexibility index (Phi) is 3.80. The highest BCUT2D eigenvalue weighted by Crippen LogP contribution is 2.28. The number of pyridine rings is 2. The van der Waals surface area contributed by atoms with E-state index in [0.717, 1.165) is 22.2 Å². The van der Waals surface area contributed by atoms with Crippen LogP contribution in [0, 0.1) is 0 Å². The minimum Gasteiger partial charge on any atom is -0.300 e. The third-order valence-electron chi connectivity index (χ3n) is 3.47. The monoisotopic (exact) mass is 332 g/mol. The highest BCUT2D eigenvalue weighted by Gasteiger charge is 2.23. The van der Waals surface area contributed by atoms with Crippen LogP contribution in [0.3, 0.4) is 0 Å². The van der Waals surface area contributed by atoms with Crippen LogP contribution < -0.4 is 5.32 Å². The molecule has 0 radical (unpaired) electrons. The lowest BCUT2D eigenvalue weighted by Gasteiger charge is -1.99. The summed E-state index contributed by atoms with van der Waals surface area (Å²) in [5, 5.41) is 4.39. The predicted molar refractivity (Wildman–Crippen MR) is 96.8 cm³/mol. The number of hydrogen-bond acceptors (Lipinski definition) is 5. The highest BCUT2D eigenvalue weighted by molar-refractivity contribution is 8.18. The minimum absolute atomic E-state index is 0.140. The molecular formula is C18H12N4OS. The van der Waals surface area contributed by atoms with Gasteiger partial charge in [-0.15, -0.1) is 0 Å². The Morgan fingerprint density at radius 3 is 2.83 bits per heavy atom. The summed E-state index contributed by atoms with van der Waals surface area (Å²) in [5.74, 6) is -0.140. The zero-order valence-corrected chi connectivity index (χ0v) is 13.3. The largest absolute Gasteiger partial charge is 0.300 e. The number of nitrogens with one attached hydrogen (secondary N) is 1. The summed E-state index contributed by atoms with van der Waals surface area (Å²) < 4.78 is 0. The van der Waals surface area contributed by atoms with E-state index in [1.165, 1.54) is 11.8 Å². The lowest BCUT2D eigenvalue weighted by atomic mass is 10.1. The fourth-order valence-corrected chi connectivity index (χ4v) is 3.19. The van der Waals surface area contributed by atoms with Gasteiger partial charge in [0, 0.05) is 24.0 Å². The van der Waals surface area contributed by atoms with E-state index in [1.807, 2.05) is 36.4 Å². The van der Waals surface area contributed by atoms with Crippen LogP contribution in [0.5, 0.6) is 0 Å². The predicted octanol–water partition coefficient (Wildman–Crippen LogP) is 3.52. The number of thioether (sulfide) groups is 1. The molecule has 0 bridgehead atoms. The van der Waals surface area contributed by atoms with Crippen molar-refractivity contribution < 1.29 is 4.79 Å². The van der Waals surface area contributed by atoms with Crippen LogP contribution in [0.15, 0.2) is 71.0 Å². The van der Waals surface area contributed by atoms with E-state index in [2.05, 4.69) is 20.3 Å². The Morgan fingerprint density at radius 2 is 1.96 bits per heavy atom. The number of fused-ring (bicyclic) bond motifs is 1. The second-order valence-corrected chi connectivity index (χ2v) is 6.17. The first kappa shape index (κ1) is 14.6. The lowest BCUT2D eigenvalue weighted by Crippen LogP contribution is -2.19. The van der Waals surface area contributed by atoms with Crippen molar-refractivity contribution >= 4 is 45.5 Å². The summed E-state index contributed by atoms with van der Waals surface area (Å²) >= 11 is 1.33. The number of aliphatic imine (C=N–C) groups is 1. The molecule has 1 aliphatic heterocycles. The Bertz CT molecular complexity index is 982. The summed E-state index contributed by atoms with van der Waals surface area (Å²) in [4.78, 5) is 25.4. The van der Waals surface area contributed by atoms with Crippen molar-refractivity contribution in [3.05, 3.63) is 71.5 Å². The second-order valence-electron chi connectivity index (χ2n) is 5.14. The van der Waals surface area contributed by atoms with E-state index in [9.17, 15) is 4.79 Å². The summed E-state index contributed by atoms with van der Waals surface area (Å²) in [5.41, 5.74) is 2.65. The smallest absolute Gasteiger partial charge is 0.264 e. The van der Waals surface area contributed by atoms with Crippen molar-refractivity contribution in [1.29, 1.82) is 0 Å². The molecule has 1 aromatic carbocycles. The first-order chi connectivity index (χ1) is 11.8. The molecule has 3 heterocycles. The molecular weight excluding hydrogens is 320 g/mol. The van der Waals surface area contributed by atoms with Gasteiger partial charge in [0.2, 0.25) is 0 Å². The van der Waals surface area contributed by atoms with Gasteiger partial charge in [0.05, 0.1) is 16.1 Å². The number of benzene rings is 1. The van der Waals surface area contributed by atoms with Gasteiger partial charge in [0.25, 0.3) is 5.91 Å². The fraction of sp³-hybridized carbons (Fsp3) is 0. The van der Waals surface area contributed by atoms with E-state index in [-0.39, 0.29) is 5.91 Å². The third-order valence-corrected chi connectivity index (χ3v) is 4.38. The Balaban J connectivity index is 1.62. The minimum atomic E-state index is -0.140. The third kappa shape index (κ3) is 3.04. The molecule has 3 aromatic rings. The van der Waals surface area contributed by atoms with Crippen molar-refractivity contribution in [2.45, 2.75) is 0 Å². The molecule has 4 rings (SSSR count). The van der Waals surface area contributed by atoms with Crippen LogP contribution in [-0.4, -0.2) is 21.0 Å². The summed E-state index contributed by atoms with van der Waals surface area (Å²) in [6.07, 6.45) is 6.96. The number of carbonyl (C=O) groups is 1. The number of nitrogens with zero attached hydrogens (tertiary/aromatic N) is 3. The van der Waals surface area contributed by atoms with E-state index in [1.54, 1.807) is 30.7 Å². The highest BCUT2D eigenvalue weighted by atomic mass is 32.2. The number of amides is 1. The van der Waals surface area contributed by atoms with Crippen molar-refractivity contribution in [3.8, 4) is 0 Å². The van der Waals surface area contributed by atoms with Gasteiger partial charge < -0.3 is 5.32 Å². The SMILES string of the molecule is O=C1NC(=Nc2ccncc2)S/C1=C/c1ccc2ncccc2c1. The van der Waals surface area contributed by atoms with Crippen molar-refractivity contribution in [1.82, 2.24) is 15.3 Å². The second kappa shape index (κ2) is 6.25. The van der Waals surface area contributed by atoms with E-state index >= 15 is 0 Å². The van der Waals surface area contributed by atoms with Crippen LogP contribution in [0.4, 0.5) is 5.69 Å². The van der Waals surface area contributed by atoms with Crippen LogP contribution in [-0.2, 0) is 4.79 Å². The number of amidine groups is 1. The maximum Gasteiger partial charge on any atom is 0.264 e. The van der Waals surface area contributed by atoms with Crippen molar-refractivity contribution in [2.75, 3.05) is 0 Å². The van der Waals surface area contributed by atoms with Gasteiger partial charge in [-0.25, -0.2) is 4.99 Å². The average Bonchev–Trinajstić information content (AvgIpc) is 2.95. The van der Waals surface area contributed by atoms with Gasteiger partial charge in [-0.3, -0.25) is 14.8 Å². The number of aromatic nitrogens is 2. The molecule has 0 aliphatic carbocycles. The maximum absolute atomic E-state index is 12.1. The van der Waals surface area contributed by atoms with E-state index in [0.29, 0.717) is 10.1 Å². The standard InChI is InChI=1S/C18H12N4OS/c23-17-16(24-18(22-17)21-14-5-8-19-9-6-14)11-12-3-4-15-13(10-12)2-1-7-20-15/h1-11H,(H,19,21,22,23)/b16-11+. The zero-order valence-electron chi connectivity index (χ0n) is 12.5. The molecule has 1 amide bonds. The molecule has 1 fully saturated rings. The summed E-state index contributed by atoms with van der Waals surface area (Å²) in [6, 6.07) is 13.4. The Morgan fingerprint density at radius 1 is 1.08 bits per heavy atom. The molecule has 5 nitrogen and oxygen atoms in total. The fourth-order valence-electron chi connectivity index (χ4n) is 2.35. The van der Waals surface area contributed by atoms with Gasteiger partial charge >= 0.3 is 0 Å². The Labute approximate surface area is 142 Å². The maximum atomic E-state index is 12.1. The summed E-state index contributed by atoms with van der Waals surface area (Å²) in [6.45, 7) is 0. The first-order valence-electron chi connectivity index (χ1n) is 7.32. The molecule has 0 spiro atoms. The average molecular weight is 332 g/mol. The quantitative estimate of drug-likeness (QED) is 0.729. The number of hydrogen-bond donors (Lipinski definition) is 1. The number of rotatable bonds is 2. The van der Waals surface area contributed by atoms with E-state index < -0.39 is 0 Å². The van der Waals surface area contributed by atoms with Gasteiger partial charge in [0.15, 0.2) is 5.17 Å². The van der Waals surface area contributed by atoms with E-state index in [4.69, 9.17) is 0 Å². The first-order valence-corrected chi connectivity index (χ1v) is 8.14. The van der Waals surface area contributed by atoms with Gasteiger partial charge in [-0.2, -0.15) is 0 Å². The normalized spacial score (nSPS) is 17.6. The molecule has 0 saturated carbocycles. The number of carbonyl (C=O) groups excluding carboxylic acids is 1. The van der Waals surface area contributed by atoms with Crippen LogP contribution >= 0.6 is 11.8 Å². The molecule has 0 unspecified atom stereocenters. The summed E-state index contributed by atoms with van der Waals surface area (Å²) in [7, 11) is 0. The molecule has 116 valence electrons. The molecule has 1 saturated heterocycles. The lowest BCUT2D eigenvalue weighted by molar-refractivity contribution is -0.115. The molecule has 2 aromatic heterocycles.